The minimum atomic E-state index is 0.475. The van der Waals surface area contributed by atoms with Gasteiger partial charge >= 0.3 is 0 Å². The van der Waals surface area contributed by atoms with E-state index in [1.807, 2.05) is 30.3 Å². The first-order valence-corrected chi connectivity index (χ1v) is 21.4. The standard InChI is InChI=1S/C58H39N5/c59-58(51-36-41-15-2-4-19-45(41)48-22-7-8-23-49(48)51)61-52(32-31-42-35-40-14-1-3-18-44(40)47-21-6-5-20-46(42)47)43-17-13-16-39(34-43)37-27-29-38(30-28-37)55-57-56(50-24-9-10-25-53(50)60-55)62-54-26-11-12-33-63(54)57/h1-30,32-36H,31H2,(H2,59,61)/b52-32-. The summed E-state index contributed by atoms with van der Waals surface area (Å²) in [7, 11) is 0. The molecule has 3 aromatic heterocycles. The minimum absolute atomic E-state index is 0.475. The molecule has 63 heavy (non-hydrogen) atoms. The highest BCUT2D eigenvalue weighted by atomic mass is 15.0. The van der Waals surface area contributed by atoms with Gasteiger partial charge in [-0.05, 0) is 96.5 Å². The maximum Gasteiger partial charge on any atom is 0.137 e. The van der Waals surface area contributed by atoms with Crippen molar-refractivity contribution >= 4 is 82.2 Å². The van der Waals surface area contributed by atoms with Crippen LogP contribution < -0.4 is 5.73 Å². The third-order valence-corrected chi connectivity index (χ3v) is 12.4. The van der Waals surface area contributed by atoms with Crippen LogP contribution in [-0.4, -0.2) is 20.2 Å². The second-order valence-electron chi connectivity index (χ2n) is 16.2. The molecule has 0 saturated heterocycles. The van der Waals surface area contributed by atoms with Gasteiger partial charge in [-0.2, -0.15) is 0 Å². The first-order chi connectivity index (χ1) is 31.1. The molecule has 0 aliphatic carbocycles. The number of pyridine rings is 2. The van der Waals surface area contributed by atoms with E-state index in [2.05, 4.69) is 187 Å². The Labute approximate surface area is 363 Å². The molecule has 9 aromatic carbocycles. The molecule has 2 N–H and O–H groups in total. The van der Waals surface area contributed by atoms with Gasteiger partial charge in [0.05, 0.1) is 22.4 Å². The van der Waals surface area contributed by atoms with Crippen LogP contribution in [0, 0.1) is 0 Å². The largest absolute Gasteiger partial charge is 0.383 e. The summed E-state index contributed by atoms with van der Waals surface area (Å²) in [6, 6.07) is 70.4. The highest BCUT2D eigenvalue weighted by Crippen LogP contribution is 2.36. The van der Waals surface area contributed by atoms with Gasteiger partial charge in [0.25, 0.3) is 0 Å². The molecule has 0 amide bonds. The fourth-order valence-electron chi connectivity index (χ4n) is 9.43. The summed E-state index contributed by atoms with van der Waals surface area (Å²) in [6.07, 6.45) is 4.97. The molecule has 12 aromatic rings. The second-order valence-corrected chi connectivity index (χ2v) is 16.2. The van der Waals surface area contributed by atoms with Gasteiger partial charge in [0.1, 0.15) is 17.0 Å². The number of imidazole rings is 1. The van der Waals surface area contributed by atoms with Crippen molar-refractivity contribution in [1.29, 1.82) is 0 Å². The zero-order chi connectivity index (χ0) is 41.9. The predicted octanol–water partition coefficient (Wildman–Crippen LogP) is 14.0. The molecule has 0 aliphatic rings. The fourth-order valence-corrected chi connectivity index (χ4v) is 9.43. The average Bonchev–Trinajstić information content (AvgIpc) is 3.75. The molecule has 0 aliphatic heterocycles. The zero-order valence-corrected chi connectivity index (χ0v) is 34.3. The SMILES string of the molecule is N/C(=N\C(=C/Cc1cc2ccccc2c2ccccc12)c1cccc(-c2ccc(-c3nc4ccccc4c4nc5ccccn5c34)cc2)c1)c1cc2ccccc2c2ccccc12. The highest BCUT2D eigenvalue weighted by molar-refractivity contribution is 6.19. The predicted molar refractivity (Wildman–Crippen MR) is 264 cm³/mol. The average molecular weight is 806 g/mol. The fraction of sp³-hybridized carbons (Fsp3) is 0.0172. The van der Waals surface area contributed by atoms with E-state index in [0.717, 1.165) is 83.0 Å². The number of nitrogens with two attached hydrogens (primary N) is 1. The lowest BCUT2D eigenvalue weighted by atomic mass is 9.94. The van der Waals surface area contributed by atoms with Crippen LogP contribution in [-0.2, 0) is 6.42 Å². The molecule has 0 fully saturated rings. The quantitative estimate of drug-likeness (QED) is 0.0991. The van der Waals surface area contributed by atoms with Crippen molar-refractivity contribution in [3.63, 3.8) is 0 Å². The Morgan fingerprint density at radius 3 is 1.90 bits per heavy atom. The van der Waals surface area contributed by atoms with Crippen LogP contribution in [0.5, 0.6) is 0 Å². The lowest BCUT2D eigenvalue weighted by Gasteiger charge is -2.13. The molecular formula is C58H39N5. The Hall–Kier alpha value is -8.41. The molecule has 5 heteroatoms. The lowest BCUT2D eigenvalue weighted by Crippen LogP contribution is -2.14. The van der Waals surface area contributed by atoms with Crippen LogP contribution in [0.4, 0.5) is 0 Å². The third-order valence-electron chi connectivity index (χ3n) is 12.4. The molecule has 3 heterocycles. The van der Waals surface area contributed by atoms with Crippen LogP contribution in [0.25, 0.3) is 98.8 Å². The number of hydrogen-bond donors (Lipinski definition) is 1. The molecule has 0 saturated carbocycles. The Morgan fingerprint density at radius 2 is 1.13 bits per heavy atom. The molecular weight excluding hydrogens is 767 g/mol. The maximum absolute atomic E-state index is 7.14. The first kappa shape index (κ1) is 36.4. The van der Waals surface area contributed by atoms with Crippen molar-refractivity contribution in [1.82, 2.24) is 14.4 Å². The van der Waals surface area contributed by atoms with Crippen molar-refractivity contribution in [3.8, 4) is 22.4 Å². The number of hydrogen-bond acceptors (Lipinski definition) is 3. The molecule has 0 unspecified atom stereocenters. The van der Waals surface area contributed by atoms with Crippen molar-refractivity contribution in [3.05, 3.63) is 229 Å². The van der Waals surface area contributed by atoms with E-state index in [0.29, 0.717) is 12.3 Å². The smallest absolute Gasteiger partial charge is 0.137 e. The molecule has 0 radical (unpaired) electrons. The number of aliphatic imine (C=N–C) groups is 1. The number of benzene rings is 9. The topological polar surface area (TPSA) is 68.6 Å². The van der Waals surface area contributed by atoms with E-state index in [-0.39, 0.29) is 0 Å². The molecule has 296 valence electrons. The summed E-state index contributed by atoms with van der Waals surface area (Å²) >= 11 is 0. The van der Waals surface area contributed by atoms with Crippen LogP contribution >= 0.6 is 0 Å². The molecule has 0 spiro atoms. The minimum Gasteiger partial charge on any atom is -0.383 e. The number of allylic oxidation sites excluding steroid dienone is 1. The normalized spacial score (nSPS) is 12.4. The van der Waals surface area contributed by atoms with Crippen LogP contribution in [0.3, 0.4) is 0 Å². The monoisotopic (exact) mass is 805 g/mol. The zero-order valence-electron chi connectivity index (χ0n) is 34.3. The van der Waals surface area contributed by atoms with E-state index in [1.54, 1.807) is 0 Å². The number of aromatic nitrogens is 3. The summed E-state index contributed by atoms with van der Waals surface area (Å²) in [6.45, 7) is 0. The highest BCUT2D eigenvalue weighted by Gasteiger charge is 2.17. The van der Waals surface area contributed by atoms with Crippen molar-refractivity contribution in [2.24, 2.45) is 10.7 Å². The Kier molecular flexibility index (Phi) is 8.64. The number of amidine groups is 1. The molecule has 12 rings (SSSR count). The van der Waals surface area contributed by atoms with Gasteiger partial charge in [0.2, 0.25) is 0 Å². The number of para-hydroxylation sites is 1. The number of nitrogens with zero attached hydrogens (tertiary/aromatic N) is 4. The molecule has 0 bridgehead atoms. The number of rotatable bonds is 7. The van der Waals surface area contributed by atoms with Crippen LogP contribution in [0.15, 0.2) is 217 Å². The van der Waals surface area contributed by atoms with Gasteiger partial charge in [0, 0.05) is 28.3 Å². The summed E-state index contributed by atoms with van der Waals surface area (Å²) in [4.78, 5) is 15.6. The van der Waals surface area contributed by atoms with E-state index >= 15 is 0 Å². The van der Waals surface area contributed by atoms with Gasteiger partial charge in [-0.15, -0.1) is 0 Å². The van der Waals surface area contributed by atoms with Crippen LogP contribution in [0.2, 0.25) is 0 Å². The van der Waals surface area contributed by atoms with E-state index in [1.165, 1.54) is 32.5 Å². The summed E-state index contributed by atoms with van der Waals surface area (Å²) < 4.78 is 2.14. The summed E-state index contributed by atoms with van der Waals surface area (Å²) in [5.41, 5.74) is 19.0. The second kappa shape index (κ2) is 14.9. The van der Waals surface area contributed by atoms with E-state index in [9.17, 15) is 0 Å². The van der Waals surface area contributed by atoms with E-state index in [4.69, 9.17) is 20.7 Å². The summed E-state index contributed by atoms with van der Waals surface area (Å²) in [5, 5.41) is 10.6. The van der Waals surface area contributed by atoms with Gasteiger partial charge < -0.3 is 5.73 Å². The number of fused-ring (bicyclic) bond motifs is 11. The van der Waals surface area contributed by atoms with Gasteiger partial charge in [-0.1, -0.05) is 176 Å². The van der Waals surface area contributed by atoms with Crippen molar-refractivity contribution in [2.45, 2.75) is 6.42 Å². The lowest BCUT2D eigenvalue weighted by molar-refractivity contribution is 1.22. The van der Waals surface area contributed by atoms with Crippen molar-refractivity contribution < 1.29 is 0 Å². The third kappa shape index (κ3) is 6.29. The molecule has 0 atom stereocenters. The first-order valence-electron chi connectivity index (χ1n) is 21.4. The van der Waals surface area contributed by atoms with Crippen molar-refractivity contribution in [2.75, 3.05) is 0 Å². The Morgan fingerprint density at radius 1 is 0.508 bits per heavy atom. The maximum atomic E-state index is 7.14. The van der Waals surface area contributed by atoms with Gasteiger partial charge in [0.15, 0.2) is 0 Å². The van der Waals surface area contributed by atoms with Gasteiger partial charge in [-0.3, -0.25) is 4.40 Å². The van der Waals surface area contributed by atoms with Gasteiger partial charge in [-0.25, -0.2) is 15.0 Å². The van der Waals surface area contributed by atoms with E-state index < -0.39 is 0 Å². The Balaban J connectivity index is 0.979. The van der Waals surface area contributed by atoms with Crippen LogP contribution in [0.1, 0.15) is 16.7 Å². The summed E-state index contributed by atoms with van der Waals surface area (Å²) in [5.74, 6) is 0.475. The Bertz CT molecular complexity index is 3840. The molecule has 5 nitrogen and oxygen atoms in total.